The number of phenolic OH excluding ortho intramolecular Hbond substituents is 2. The van der Waals surface area contributed by atoms with Gasteiger partial charge in [-0.25, -0.2) is 0 Å². The van der Waals surface area contributed by atoms with E-state index in [4.69, 9.17) is 33.8 Å². The number of anilines is 1. The lowest BCUT2D eigenvalue weighted by Gasteiger charge is -2.29. The zero-order chi connectivity index (χ0) is 51.5. The Kier molecular flexibility index (Phi) is 30.2. The van der Waals surface area contributed by atoms with Crippen LogP contribution in [0.1, 0.15) is 81.4 Å². The van der Waals surface area contributed by atoms with Crippen LogP contribution in [0.2, 0.25) is 0 Å². The standard InChI is InChI=1S/C44H50N4O10.C4H6O2.3C2H6/c1-48-29-32-6-2-3-7-33(32)41(40(45)34-8-4-5-9-36(34)48)46-16-18-53-20-22-55-24-26-57-27-25-56-23-21-54-19-17-47-44(52)31-12-10-30(11-13-31)39-28-38(50)35-14-15-37(49)42(51)43(35)58-39;5-3-1-2-4-6;3*1-2/h2-15,28,46,49,51H,16-27,29,45H2,1H3,(H,47,52);3-4H,1-2H2;3*1-2H3/b41-40-;;;;. The number of phenols is 2. The minimum atomic E-state index is -0.509. The van der Waals surface area contributed by atoms with Gasteiger partial charge < -0.3 is 69.2 Å². The van der Waals surface area contributed by atoms with E-state index in [1.807, 2.05) is 59.7 Å². The number of rotatable bonds is 24. The van der Waals surface area contributed by atoms with Crippen LogP contribution in [-0.2, 0) is 39.8 Å². The SMILES string of the molecule is CC.CC.CC.CN1Cc2ccccc2/C(NCCOCCOCCOCCOCCOCCNC(=O)c2ccc(-c3cc(=O)c4ccc(O)c(O)c4o3)cc2)=C(/N)c2ccccc21.O=CCCC=O. The fraction of sp³-hybridized carbons (Fsp3) is 0.407. The summed E-state index contributed by atoms with van der Waals surface area (Å²) in [6.45, 7) is 18.0. The van der Waals surface area contributed by atoms with Crippen LogP contribution < -0.4 is 26.7 Å². The number of aldehydes is 2. The molecular formula is C54H74N4O12. The average Bonchev–Trinajstić information content (AvgIpc) is 3.40. The number of amides is 1. The van der Waals surface area contributed by atoms with Gasteiger partial charge in [-0.3, -0.25) is 9.59 Å². The Morgan fingerprint density at radius 2 is 1.20 bits per heavy atom. The van der Waals surface area contributed by atoms with Crippen molar-refractivity contribution in [3.05, 3.63) is 123 Å². The van der Waals surface area contributed by atoms with Crippen LogP contribution in [0.3, 0.4) is 0 Å². The molecule has 4 aromatic carbocycles. The summed E-state index contributed by atoms with van der Waals surface area (Å²) < 4.78 is 33.7. The fourth-order valence-corrected chi connectivity index (χ4v) is 6.57. The van der Waals surface area contributed by atoms with Gasteiger partial charge in [-0.2, -0.15) is 0 Å². The molecule has 6 N–H and O–H groups in total. The summed E-state index contributed by atoms with van der Waals surface area (Å²) >= 11 is 0. The number of hydrogen-bond donors (Lipinski definition) is 5. The van der Waals surface area contributed by atoms with Gasteiger partial charge in [0.25, 0.3) is 5.91 Å². The molecule has 0 saturated heterocycles. The van der Waals surface area contributed by atoms with E-state index in [0.717, 1.165) is 41.6 Å². The van der Waals surface area contributed by atoms with E-state index in [1.54, 1.807) is 24.3 Å². The maximum atomic E-state index is 12.6. The highest BCUT2D eigenvalue weighted by molar-refractivity contribution is 5.95. The number of aromatic hydroxyl groups is 2. The number of fused-ring (bicyclic) bond motifs is 3. The molecule has 16 nitrogen and oxygen atoms in total. The second kappa shape index (κ2) is 35.5. The van der Waals surface area contributed by atoms with Gasteiger partial charge in [-0.15, -0.1) is 0 Å². The molecule has 1 aliphatic heterocycles. The van der Waals surface area contributed by atoms with E-state index >= 15 is 0 Å². The number of nitrogens with zero attached hydrogens (tertiary/aromatic N) is 1. The number of ether oxygens (including phenoxy) is 5. The maximum Gasteiger partial charge on any atom is 0.251 e. The van der Waals surface area contributed by atoms with Crippen LogP contribution >= 0.6 is 0 Å². The van der Waals surface area contributed by atoms with Crippen molar-refractivity contribution in [1.82, 2.24) is 10.6 Å². The number of nitrogens with one attached hydrogen (secondary N) is 2. The predicted octanol–water partition coefficient (Wildman–Crippen LogP) is 7.95. The minimum Gasteiger partial charge on any atom is -0.504 e. The van der Waals surface area contributed by atoms with Crippen LogP contribution in [0.25, 0.3) is 33.7 Å². The summed E-state index contributed by atoms with van der Waals surface area (Å²) in [6, 6.07) is 26.9. The molecule has 70 heavy (non-hydrogen) atoms. The third-order valence-electron chi connectivity index (χ3n) is 9.82. The van der Waals surface area contributed by atoms with Gasteiger partial charge in [-0.1, -0.05) is 96.1 Å². The third kappa shape index (κ3) is 19.4. The van der Waals surface area contributed by atoms with Crippen LogP contribution in [0, 0.1) is 0 Å². The number of carbonyl (C=O) groups excluding carboxylic acids is 3. The lowest BCUT2D eigenvalue weighted by molar-refractivity contribution is -0.112. The Morgan fingerprint density at radius 3 is 1.77 bits per heavy atom. The summed E-state index contributed by atoms with van der Waals surface area (Å²) in [5.74, 6) is -0.995. The minimum absolute atomic E-state index is 0.110. The number of nitrogens with two attached hydrogens (primary N) is 1. The zero-order valence-electron chi connectivity index (χ0n) is 41.9. The Balaban J connectivity index is 0.00000127. The third-order valence-corrected chi connectivity index (χ3v) is 9.82. The molecule has 0 aliphatic carbocycles. The lowest BCUT2D eigenvalue weighted by Crippen LogP contribution is -2.27. The molecule has 16 heteroatoms. The van der Waals surface area contributed by atoms with Crippen molar-refractivity contribution in [2.24, 2.45) is 5.73 Å². The van der Waals surface area contributed by atoms with Gasteiger partial charge in [0.15, 0.2) is 16.8 Å². The topological polar surface area (TPSA) is 221 Å². The highest BCUT2D eigenvalue weighted by Crippen LogP contribution is 2.35. The number of unbranched alkanes of at least 4 members (excludes halogenated alkanes) is 1. The van der Waals surface area contributed by atoms with Gasteiger partial charge in [0.1, 0.15) is 18.3 Å². The highest BCUT2D eigenvalue weighted by Gasteiger charge is 2.21. The van der Waals surface area contributed by atoms with Gasteiger partial charge in [-0.05, 0) is 35.9 Å². The molecule has 0 unspecified atom stereocenters. The van der Waals surface area contributed by atoms with E-state index < -0.39 is 11.5 Å². The fourth-order valence-electron chi connectivity index (χ4n) is 6.57. The normalized spacial score (nSPS) is 12.3. The number of benzene rings is 4. The molecule has 6 rings (SSSR count). The van der Waals surface area contributed by atoms with Crippen LogP contribution in [0.5, 0.6) is 11.5 Å². The van der Waals surface area contributed by atoms with Crippen molar-refractivity contribution >= 4 is 46.5 Å². The molecule has 382 valence electrons. The summed E-state index contributed by atoms with van der Waals surface area (Å²) in [4.78, 5) is 46.1. The highest BCUT2D eigenvalue weighted by atomic mass is 16.6. The van der Waals surface area contributed by atoms with Crippen molar-refractivity contribution in [3.8, 4) is 22.8 Å². The number of hydrogen-bond acceptors (Lipinski definition) is 15. The van der Waals surface area contributed by atoms with E-state index in [0.29, 0.717) is 109 Å². The van der Waals surface area contributed by atoms with Crippen molar-refractivity contribution in [3.63, 3.8) is 0 Å². The molecule has 1 amide bonds. The quantitative estimate of drug-likeness (QED) is 0.0225. The van der Waals surface area contributed by atoms with Gasteiger partial charge in [0.05, 0.1) is 82.8 Å². The smallest absolute Gasteiger partial charge is 0.251 e. The number of carbonyl (C=O) groups is 3. The number of para-hydroxylation sites is 1. The Labute approximate surface area is 412 Å². The molecule has 2 heterocycles. The second-order valence-electron chi connectivity index (χ2n) is 14.3. The molecule has 5 aromatic rings. The van der Waals surface area contributed by atoms with E-state index in [1.165, 1.54) is 23.8 Å². The van der Waals surface area contributed by atoms with E-state index in [9.17, 15) is 29.4 Å². The van der Waals surface area contributed by atoms with E-state index in [-0.39, 0.29) is 28.1 Å². The molecule has 0 atom stereocenters. The first-order chi connectivity index (χ1) is 34.2. The van der Waals surface area contributed by atoms with Crippen LogP contribution in [0.4, 0.5) is 5.69 Å². The first-order valence-corrected chi connectivity index (χ1v) is 24.0. The molecule has 1 aromatic heterocycles. The Bertz CT molecular complexity index is 2360. The summed E-state index contributed by atoms with van der Waals surface area (Å²) in [5, 5.41) is 26.3. The van der Waals surface area contributed by atoms with Gasteiger partial charge >= 0.3 is 0 Å². The molecular weight excluding hydrogens is 897 g/mol. The van der Waals surface area contributed by atoms with Gasteiger partial charge in [0, 0.05) is 73.5 Å². The lowest BCUT2D eigenvalue weighted by atomic mass is 9.96. The molecule has 0 radical (unpaired) electrons. The van der Waals surface area contributed by atoms with E-state index in [2.05, 4.69) is 52.9 Å². The molecule has 0 spiro atoms. The van der Waals surface area contributed by atoms with Crippen LogP contribution in [-0.4, -0.2) is 115 Å². The molecule has 0 fully saturated rings. The van der Waals surface area contributed by atoms with Crippen molar-refractivity contribution < 1.29 is 52.7 Å². The predicted molar refractivity (Wildman–Crippen MR) is 277 cm³/mol. The van der Waals surface area contributed by atoms with Gasteiger partial charge in [0.2, 0.25) is 5.75 Å². The van der Waals surface area contributed by atoms with Crippen molar-refractivity contribution in [2.75, 3.05) is 91.1 Å². The summed E-state index contributed by atoms with van der Waals surface area (Å²) in [5.41, 5.74) is 13.2. The average molecular weight is 971 g/mol. The summed E-state index contributed by atoms with van der Waals surface area (Å²) in [7, 11) is 2.08. The van der Waals surface area contributed by atoms with Crippen molar-refractivity contribution in [1.29, 1.82) is 0 Å². The molecule has 0 bridgehead atoms. The molecule has 1 aliphatic rings. The first-order valence-electron chi connectivity index (χ1n) is 24.0. The second-order valence-corrected chi connectivity index (χ2v) is 14.3. The first kappa shape index (κ1) is 59.6. The monoisotopic (exact) mass is 971 g/mol. The maximum absolute atomic E-state index is 12.6. The summed E-state index contributed by atoms with van der Waals surface area (Å²) in [6.07, 6.45) is 2.19. The molecule has 0 saturated carbocycles. The zero-order valence-corrected chi connectivity index (χ0v) is 41.9. The Hall–Kier alpha value is -6.56. The largest absolute Gasteiger partial charge is 0.504 e. The Morgan fingerprint density at radius 1 is 0.686 bits per heavy atom. The van der Waals surface area contributed by atoms with Crippen LogP contribution in [0.15, 0.2) is 100 Å². The van der Waals surface area contributed by atoms with Crippen molar-refractivity contribution in [2.45, 2.75) is 60.9 Å².